The zero-order valence-electron chi connectivity index (χ0n) is 11.2. The summed E-state index contributed by atoms with van der Waals surface area (Å²) in [7, 11) is 1.38. The van der Waals surface area contributed by atoms with E-state index in [1.807, 2.05) is 0 Å². The summed E-state index contributed by atoms with van der Waals surface area (Å²) in [6, 6.07) is 0. The number of carbonyl (C=O) groups excluding carboxylic acids is 1. The van der Waals surface area contributed by atoms with Crippen molar-refractivity contribution in [2.75, 3.05) is 20.3 Å². The second-order valence-electron chi connectivity index (χ2n) is 5.22. The van der Waals surface area contributed by atoms with Crippen molar-refractivity contribution in [3.63, 3.8) is 0 Å². The molecule has 100 valence electrons. The number of methoxy groups -OCH3 is 1. The highest BCUT2D eigenvalue weighted by Gasteiger charge is 2.49. The minimum Gasteiger partial charge on any atom is -0.468 e. The van der Waals surface area contributed by atoms with E-state index in [4.69, 9.17) is 15.2 Å². The molecule has 1 aliphatic carbocycles. The van der Waals surface area contributed by atoms with Crippen LogP contribution in [-0.4, -0.2) is 31.8 Å². The lowest BCUT2D eigenvalue weighted by molar-refractivity contribution is -0.151. The van der Waals surface area contributed by atoms with Crippen molar-refractivity contribution < 1.29 is 14.3 Å². The SMILES string of the molecule is CCCC(C)COCC(N)(C(=O)OC)C1CC1. The summed E-state index contributed by atoms with van der Waals surface area (Å²) in [6.45, 7) is 5.24. The summed E-state index contributed by atoms with van der Waals surface area (Å²) in [5.74, 6) is 0.403. The van der Waals surface area contributed by atoms with Gasteiger partial charge in [0.2, 0.25) is 0 Å². The Hall–Kier alpha value is -0.610. The summed E-state index contributed by atoms with van der Waals surface area (Å²) in [4.78, 5) is 11.7. The zero-order chi connectivity index (χ0) is 12.9. The first-order valence-corrected chi connectivity index (χ1v) is 6.49. The van der Waals surface area contributed by atoms with E-state index >= 15 is 0 Å². The molecule has 4 nitrogen and oxygen atoms in total. The molecule has 1 rings (SSSR count). The summed E-state index contributed by atoms with van der Waals surface area (Å²) >= 11 is 0. The normalized spacial score (nSPS) is 20.7. The lowest BCUT2D eigenvalue weighted by atomic mass is 9.96. The second-order valence-corrected chi connectivity index (χ2v) is 5.22. The summed E-state index contributed by atoms with van der Waals surface area (Å²) in [6.07, 6.45) is 4.29. The van der Waals surface area contributed by atoms with Gasteiger partial charge in [-0.25, -0.2) is 4.79 Å². The van der Waals surface area contributed by atoms with Gasteiger partial charge in [0.1, 0.15) is 5.54 Å². The Morgan fingerprint density at radius 2 is 2.18 bits per heavy atom. The third-order valence-corrected chi connectivity index (χ3v) is 3.40. The van der Waals surface area contributed by atoms with Crippen molar-refractivity contribution in [1.29, 1.82) is 0 Å². The summed E-state index contributed by atoms with van der Waals surface area (Å²) in [5, 5.41) is 0. The van der Waals surface area contributed by atoms with E-state index in [0.717, 1.165) is 25.7 Å². The van der Waals surface area contributed by atoms with Gasteiger partial charge >= 0.3 is 5.97 Å². The van der Waals surface area contributed by atoms with Crippen LogP contribution in [0.5, 0.6) is 0 Å². The molecule has 0 bridgehead atoms. The molecule has 0 amide bonds. The maximum atomic E-state index is 11.7. The van der Waals surface area contributed by atoms with Crippen LogP contribution >= 0.6 is 0 Å². The van der Waals surface area contributed by atoms with E-state index in [-0.39, 0.29) is 18.5 Å². The Kier molecular flexibility index (Phi) is 5.40. The smallest absolute Gasteiger partial charge is 0.328 e. The molecule has 0 aromatic carbocycles. The fourth-order valence-electron chi connectivity index (χ4n) is 2.14. The monoisotopic (exact) mass is 243 g/mol. The maximum Gasteiger partial charge on any atom is 0.328 e. The van der Waals surface area contributed by atoms with Crippen LogP contribution in [0.4, 0.5) is 0 Å². The van der Waals surface area contributed by atoms with Gasteiger partial charge in [-0.3, -0.25) is 0 Å². The fraction of sp³-hybridized carbons (Fsp3) is 0.923. The number of hydrogen-bond donors (Lipinski definition) is 1. The largest absolute Gasteiger partial charge is 0.468 e. The van der Waals surface area contributed by atoms with Gasteiger partial charge in [-0.05, 0) is 31.1 Å². The van der Waals surface area contributed by atoms with E-state index in [0.29, 0.717) is 12.5 Å². The van der Waals surface area contributed by atoms with Gasteiger partial charge in [0.25, 0.3) is 0 Å². The van der Waals surface area contributed by atoms with Crippen molar-refractivity contribution in [3.05, 3.63) is 0 Å². The molecule has 0 aromatic rings. The number of esters is 1. The van der Waals surface area contributed by atoms with Crippen LogP contribution in [0, 0.1) is 11.8 Å². The number of nitrogens with two attached hydrogens (primary N) is 1. The van der Waals surface area contributed by atoms with Crippen LogP contribution in [0.1, 0.15) is 39.5 Å². The maximum absolute atomic E-state index is 11.7. The van der Waals surface area contributed by atoms with E-state index in [2.05, 4.69) is 13.8 Å². The third-order valence-electron chi connectivity index (χ3n) is 3.40. The highest BCUT2D eigenvalue weighted by molar-refractivity contribution is 5.81. The molecule has 0 aromatic heterocycles. The van der Waals surface area contributed by atoms with E-state index in [9.17, 15) is 4.79 Å². The molecule has 0 spiro atoms. The lowest BCUT2D eigenvalue weighted by Crippen LogP contribution is -2.54. The standard InChI is InChI=1S/C13H25NO3/c1-4-5-10(2)8-17-9-13(14,11-6-7-11)12(15)16-3/h10-11H,4-9,14H2,1-3H3. The molecular formula is C13H25NO3. The number of rotatable bonds is 8. The Labute approximate surface area is 104 Å². The van der Waals surface area contributed by atoms with E-state index in [1.54, 1.807) is 0 Å². The zero-order valence-corrected chi connectivity index (χ0v) is 11.2. The molecule has 17 heavy (non-hydrogen) atoms. The molecule has 1 aliphatic rings. The van der Waals surface area contributed by atoms with Gasteiger partial charge in [0, 0.05) is 6.61 Å². The van der Waals surface area contributed by atoms with Crippen molar-refractivity contribution in [2.45, 2.75) is 45.1 Å². The van der Waals surface area contributed by atoms with Gasteiger partial charge < -0.3 is 15.2 Å². The van der Waals surface area contributed by atoms with E-state index in [1.165, 1.54) is 7.11 Å². The number of carbonyl (C=O) groups is 1. The van der Waals surface area contributed by atoms with Crippen molar-refractivity contribution in [3.8, 4) is 0 Å². The van der Waals surface area contributed by atoms with Crippen LogP contribution in [0.2, 0.25) is 0 Å². The average molecular weight is 243 g/mol. The first-order valence-electron chi connectivity index (χ1n) is 6.49. The molecule has 0 radical (unpaired) electrons. The molecule has 2 N–H and O–H groups in total. The van der Waals surface area contributed by atoms with Crippen LogP contribution in [0.15, 0.2) is 0 Å². The Morgan fingerprint density at radius 3 is 2.65 bits per heavy atom. The van der Waals surface area contributed by atoms with Gasteiger partial charge in [-0.1, -0.05) is 20.3 Å². The van der Waals surface area contributed by atoms with Crippen molar-refractivity contribution >= 4 is 5.97 Å². The molecule has 0 aliphatic heterocycles. The Morgan fingerprint density at radius 1 is 1.53 bits per heavy atom. The number of ether oxygens (including phenoxy) is 2. The Balaban J connectivity index is 2.37. The molecule has 0 heterocycles. The predicted molar refractivity (Wildman–Crippen MR) is 66.5 cm³/mol. The van der Waals surface area contributed by atoms with Crippen LogP contribution < -0.4 is 5.73 Å². The lowest BCUT2D eigenvalue weighted by Gasteiger charge is -2.26. The average Bonchev–Trinajstić information content (AvgIpc) is 3.12. The molecule has 1 fully saturated rings. The summed E-state index contributed by atoms with van der Waals surface area (Å²) in [5.41, 5.74) is 5.19. The molecule has 2 unspecified atom stereocenters. The number of hydrogen-bond acceptors (Lipinski definition) is 4. The third kappa shape index (κ3) is 3.96. The first-order chi connectivity index (χ1) is 8.04. The van der Waals surface area contributed by atoms with Gasteiger partial charge in [0.05, 0.1) is 13.7 Å². The van der Waals surface area contributed by atoms with Crippen LogP contribution in [-0.2, 0) is 14.3 Å². The van der Waals surface area contributed by atoms with Gasteiger partial charge in [-0.15, -0.1) is 0 Å². The van der Waals surface area contributed by atoms with Crippen molar-refractivity contribution in [2.24, 2.45) is 17.6 Å². The second kappa shape index (κ2) is 6.36. The van der Waals surface area contributed by atoms with Crippen LogP contribution in [0.25, 0.3) is 0 Å². The van der Waals surface area contributed by atoms with E-state index < -0.39 is 5.54 Å². The molecule has 1 saturated carbocycles. The molecule has 4 heteroatoms. The summed E-state index contributed by atoms with van der Waals surface area (Å²) < 4.78 is 10.4. The Bertz CT molecular complexity index is 253. The minimum atomic E-state index is -0.930. The fourth-order valence-corrected chi connectivity index (χ4v) is 2.14. The highest BCUT2D eigenvalue weighted by Crippen LogP contribution is 2.39. The molecule has 2 atom stereocenters. The molecule has 0 saturated heterocycles. The highest BCUT2D eigenvalue weighted by atomic mass is 16.5. The topological polar surface area (TPSA) is 61.5 Å². The minimum absolute atomic E-state index is 0.233. The molecular weight excluding hydrogens is 218 g/mol. The van der Waals surface area contributed by atoms with Gasteiger partial charge in [0.15, 0.2) is 0 Å². The quantitative estimate of drug-likeness (QED) is 0.659. The first kappa shape index (κ1) is 14.5. The predicted octanol–water partition coefficient (Wildman–Crippen LogP) is 1.72. The van der Waals surface area contributed by atoms with Gasteiger partial charge in [-0.2, -0.15) is 0 Å². The van der Waals surface area contributed by atoms with Crippen molar-refractivity contribution in [1.82, 2.24) is 0 Å². The van der Waals surface area contributed by atoms with Crippen LogP contribution in [0.3, 0.4) is 0 Å².